The Morgan fingerprint density at radius 3 is 2.51 bits per heavy atom. The molecule has 0 unspecified atom stereocenters. The molecule has 1 aromatic heterocycles. The largest absolute Gasteiger partial charge is 0.354 e. The van der Waals surface area contributed by atoms with Crippen LogP contribution in [-0.2, 0) is 11.3 Å². The molecule has 3 aromatic rings. The fraction of sp³-hybridized carbons (Fsp3) is 0.323. The Morgan fingerprint density at radius 2 is 1.78 bits per heavy atom. The second-order valence-corrected chi connectivity index (χ2v) is 9.96. The number of hydrogen-bond acceptors (Lipinski definition) is 5. The molecule has 1 fully saturated rings. The van der Waals surface area contributed by atoms with Gasteiger partial charge in [0.15, 0.2) is 0 Å². The molecule has 1 amide bonds. The highest BCUT2D eigenvalue weighted by Crippen LogP contribution is 2.33. The van der Waals surface area contributed by atoms with E-state index in [1.165, 1.54) is 16.7 Å². The van der Waals surface area contributed by atoms with Crippen molar-refractivity contribution in [1.82, 2.24) is 9.88 Å². The highest BCUT2D eigenvalue weighted by molar-refractivity contribution is 6.09. The Morgan fingerprint density at radius 1 is 1.00 bits per heavy atom. The molecule has 1 aliphatic carbocycles. The molecule has 1 N–H and O–H groups in total. The molecule has 0 radical (unpaired) electrons. The minimum absolute atomic E-state index is 0.0149. The number of carbonyl (C=O) groups excluding carboxylic acids is 1. The van der Waals surface area contributed by atoms with Crippen LogP contribution in [0.3, 0.4) is 0 Å². The van der Waals surface area contributed by atoms with Gasteiger partial charge in [-0.05, 0) is 73.6 Å². The van der Waals surface area contributed by atoms with Gasteiger partial charge in [0, 0.05) is 38.3 Å². The third-order valence-corrected chi connectivity index (χ3v) is 7.31. The summed E-state index contributed by atoms with van der Waals surface area (Å²) in [7, 11) is 0. The molecule has 2 aliphatic rings. The molecule has 2 heterocycles. The molecule has 0 saturated carbocycles. The average molecular weight is 492 g/mol. The standard InChI is InChI=1S/C31H33N5O/c1-23-9-11-26(12-10-23)28-7-2-3-8-29(28)31(37)34-27-13-14-30(33-21-27)36-17-15-35(16-18-36)22-25-6-4-5-24(19-25)20-32/h4-6,9-14,19,21H,2-3,7-8,15-18,22H2,1H3,(H,34,37). The van der Waals surface area contributed by atoms with Gasteiger partial charge in [-0.25, -0.2) is 4.98 Å². The number of hydrogen-bond donors (Lipinski definition) is 1. The summed E-state index contributed by atoms with van der Waals surface area (Å²) >= 11 is 0. The van der Waals surface area contributed by atoms with Crippen molar-refractivity contribution in [3.05, 3.63) is 94.7 Å². The van der Waals surface area contributed by atoms with Crippen LogP contribution in [0.5, 0.6) is 0 Å². The van der Waals surface area contributed by atoms with Crippen LogP contribution in [0.1, 0.15) is 47.9 Å². The van der Waals surface area contributed by atoms with Crippen molar-refractivity contribution in [2.24, 2.45) is 0 Å². The Kier molecular flexibility index (Phi) is 7.62. The molecule has 0 spiro atoms. The van der Waals surface area contributed by atoms with Crippen molar-refractivity contribution in [3.8, 4) is 6.07 Å². The zero-order valence-corrected chi connectivity index (χ0v) is 21.4. The van der Waals surface area contributed by atoms with Crippen molar-refractivity contribution in [2.45, 2.75) is 39.2 Å². The number of amides is 1. The Bertz CT molecular complexity index is 1310. The zero-order valence-electron chi connectivity index (χ0n) is 21.4. The van der Waals surface area contributed by atoms with Gasteiger partial charge < -0.3 is 10.2 Å². The van der Waals surface area contributed by atoms with Crippen LogP contribution in [0.15, 0.2) is 72.4 Å². The minimum Gasteiger partial charge on any atom is -0.354 e. The summed E-state index contributed by atoms with van der Waals surface area (Å²) in [6.07, 6.45) is 5.69. The molecule has 5 rings (SSSR count). The van der Waals surface area contributed by atoms with Gasteiger partial charge in [-0.15, -0.1) is 0 Å². The van der Waals surface area contributed by atoms with Gasteiger partial charge >= 0.3 is 0 Å². The molecule has 0 bridgehead atoms. The maximum absolute atomic E-state index is 13.2. The number of anilines is 2. The van der Waals surface area contributed by atoms with Crippen LogP contribution in [0.2, 0.25) is 0 Å². The first-order valence-corrected chi connectivity index (χ1v) is 13.1. The third-order valence-electron chi connectivity index (χ3n) is 7.31. The van der Waals surface area contributed by atoms with Gasteiger partial charge in [-0.3, -0.25) is 9.69 Å². The fourth-order valence-electron chi connectivity index (χ4n) is 5.22. The zero-order chi connectivity index (χ0) is 25.6. The summed E-state index contributed by atoms with van der Waals surface area (Å²) in [6.45, 7) is 6.59. The number of rotatable bonds is 6. The summed E-state index contributed by atoms with van der Waals surface area (Å²) in [5.41, 5.74) is 7.06. The third kappa shape index (κ3) is 6.07. The number of nitriles is 1. The summed E-state index contributed by atoms with van der Waals surface area (Å²) in [5.74, 6) is 0.917. The maximum atomic E-state index is 13.2. The Labute approximate surface area is 219 Å². The normalized spacial score (nSPS) is 16.4. The maximum Gasteiger partial charge on any atom is 0.251 e. The molecule has 2 aromatic carbocycles. The van der Waals surface area contributed by atoms with E-state index < -0.39 is 0 Å². The predicted molar refractivity (Wildman–Crippen MR) is 148 cm³/mol. The molecule has 1 saturated heterocycles. The minimum atomic E-state index is -0.0149. The van der Waals surface area contributed by atoms with Gasteiger partial charge in [0.25, 0.3) is 5.91 Å². The van der Waals surface area contributed by atoms with Gasteiger partial charge in [0.05, 0.1) is 23.5 Å². The topological polar surface area (TPSA) is 72.3 Å². The van der Waals surface area contributed by atoms with E-state index in [4.69, 9.17) is 5.26 Å². The molecular formula is C31H33N5O. The first-order chi connectivity index (χ1) is 18.1. The monoisotopic (exact) mass is 491 g/mol. The van der Waals surface area contributed by atoms with E-state index in [2.05, 4.69) is 63.4 Å². The molecule has 6 nitrogen and oxygen atoms in total. The van der Waals surface area contributed by atoms with Gasteiger partial charge in [-0.1, -0.05) is 42.0 Å². The van der Waals surface area contributed by atoms with Gasteiger partial charge in [-0.2, -0.15) is 5.26 Å². The molecule has 188 valence electrons. The first-order valence-electron chi connectivity index (χ1n) is 13.1. The summed E-state index contributed by atoms with van der Waals surface area (Å²) in [4.78, 5) is 22.6. The molecule has 37 heavy (non-hydrogen) atoms. The second-order valence-electron chi connectivity index (χ2n) is 9.96. The van der Waals surface area contributed by atoms with Crippen molar-refractivity contribution < 1.29 is 4.79 Å². The van der Waals surface area contributed by atoms with Crippen LogP contribution in [0.4, 0.5) is 11.5 Å². The second kappa shape index (κ2) is 11.4. The van der Waals surface area contributed by atoms with Crippen molar-refractivity contribution in [3.63, 3.8) is 0 Å². The average Bonchev–Trinajstić information content (AvgIpc) is 2.94. The molecular weight excluding hydrogens is 458 g/mol. The van der Waals surface area contributed by atoms with Crippen LogP contribution in [-0.4, -0.2) is 42.0 Å². The lowest BCUT2D eigenvalue weighted by molar-refractivity contribution is -0.113. The SMILES string of the molecule is Cc1ccc(C2=C(C(=O)Nc3ccc(N4CCN(Cc5cccc(C#N)c5)CC4)nc3)CCCC2)cc1. The predicted octanol–water partition coefficient (Wildman–Crippen LogP) is 5.55. The smallest absolute Gasteiger partial charge is 0.251 e. The lowest BCUT2D eigenvalue weighted by atomic mass is 9.86. The number of nitrogens with one attached hydrogen (secondary N) is 1. The molecule has 0 atom stereocenters. The lowest BCUT2D eigenvalue weighted by Crippen LogP contribution is -2.46. The first kappa shape index (κ1) is 24.7. The number of allylic oxidation sites excluding steroid dienone is 1. The highest BCUT2D eigenvalue weighted by atomic mass is 16.1. The summed E-state index contributed by atoms with van der Waals surface area (Å²) in [5, 5.41) is 12.2. The van der Waals surface area contributed by atoms with Crippen LogP contribution < -0.4 is 10.2 Å². The number of piperazine rings is 1. The van der Waals surface area contributed by atoms with Crippen molar-refractivity contribution in [2.75, 3.05) is 36.4 Å². The number of carbonyl (C=O) groups is 1. The number of nitrogens with zero attached hydrogens (tertiary/aromatic N) is 4. The van der Waals surface area contributed by atoms with Crippen molar-refractivity contribution in [1.29, 1.82) is 5.26 Å². The summed E-state index contributed by atoms with van der Waals surface area (Å²) in [6, 6.07) is 22.5. The quantitative estimate of drug-likeness (QED) is 0.489. The Hall–Kier alpha value is -3.95. The van der Waals surface area contributed by atoms with Crippen LogP contribution >= 0.6 is 0 Å². The van der Waals surface area contributed by atoms with E-state index in [9.17, 15) is 4.79 Å². The van der Waals surface area contributed by atoms with Gasteiger partial charge in [0.1, 0.15) is 5.82 Å². The fourth-order valence-corrected chi connectivity index (χ4v) is 5.22. The van der Waals surface area contributed by atoms with E-state index in [1.807, 2.05) is 30.3 Å². The van der Waals surface area contributed by atoms with E-state index >= 15 is 0 Å². The number of aryl methyl sites for hydroxylation is 1. The summed E-state index contributed by atoms with van der Waals surface area (Å²) < 4.78 is 0. The van der Waals surface area contributed by atoms with E-state index in [0.29, 0.717) is 5.56 Å². The van der Waals surface area contributed by atoms with E-state index in [0.717, 1.165) is 81.0 Å². The lowest BCUT2D eigenvalue weighted by Gasteiger charge is -2.35. The molecule has 1 aliphatic heterocycles. The van der Waals surface area contributed by atoms with E-state index in [-0.39, 0.29) is 5.91 Å². The number of pyridine rings is 1. The Balaban J connectivity index is 1.19. The van der Waals surface area contributed by atoms with Crippen LogP contribution in [0, 0.1) is 18.3 Å². The van der Waals surface area contributed by atoms with E-state index in [1.54, 1.807) is 6.20 Å². The highest BCUT2D eigenvalue weighted by Gasteiger charge is 2.21. The number of benzene rings is 2. The van der Waals surface area contributed by atoms with Crippen LogP contribution in [0.25, 0.3) is 5.57 Å². The van der Waals surface area contributed by atoms with Crippen molar-refractivity contribution >= 4 is 23.0 Å². The van der Waals surface area contributed by atoms with Gasteiger partial charge in [0.2, 0.25) is 0 Å². The molecule has 6 heteroatoms. The number of aromatic nitrogens is 1.